The summed E-state index contributed by atoms with van der Waals surface area (Å²) in [6.07, 6.45) is 0. The molecule has 1 rings (SSSR count). The highest BCUT2D eigenvalue weighted by Crippen LogP contribution is 2.28. The van der Waals surface area contributed by atoms with Crippen molar-refractivity contribution in [1.29, 1.82) is 0 Å². The van der Waals surface area contributed by atoms with Crippen LogP contribution in [-0.4, -0.2) is 20.6 Å². The second-order valence-electron chi connectivity index (χ2n) is 3.80. The molecule has 0 aliphatic heterocycles. The van der Waals surface area contributed by atoms with Crippen LogP contribution in [0.4, 0.5) is 0 Å². The summed E-state index contributed by atoms with van der Waals surface area (Å²) in [5.41, 5.74) is 0. The summed E-state index contributed by atoms with van der Waals surface area (Å²) >= 11 is 0. The minimum absolute atomic E-state index is 0.431. The van der Waals surface area contributed by atoms with E-state index in [-0.39, 0.29) is 0 Å². The fourth-order valence-corrected chi connectivity index (χ4v) is 1.71. The Labute approximate surface area is 72.8 Å². The van der Waals surface area contributed by atoms with Crippen LogP contribution in [0.25, 0.3) is 0 Å². The smallest absolute Gasteiger partial charge is 0.152 e. The van der Waals surface area contributed by atoms with Crippen molar-refractivity contribution in [3.8, 4) is 0 Å². The number of rotatable bonds is 3. The Morgan fingerprint density at radius 2 is 1.67 bits per heavy atom. The van der Waals surface area contributed by atoms with Gasteiger partial charge in [-0.25, -0.2) is 5.10 Å². The lowest BCUT2D eigenvalue weighted by Gasteiger charge is -2.21. The standard InChI is InChI=1S/C8H16N4/c1-5(2)7(6(3)4)8-9-11-12-10-8/h5-7H,1-4H3,(H,9,10,11,12). The number of nitrogens with one attached hydrogen (secondary N) is 1. The maximum atomic E-state index is 3.94. The number of aromatic amines is 1. The molecule has 0 fully saturated rings. The minimum Gasteiger partial charge on any atom is -0.243 e. The number of H-pyrrole nitrogens is 1. The summed E-state index contributed by atoms with van der Waals surface area (Å²) in [6.45, 7) is 8.75. The van der Waals surface area contributed by atoms with Gasteiger partial charge < -0.3 is 0 Å². The number of nitrogens with zero attached hydrogens (tertiary/aromatic N) is 3. The van der Waals surface area contributed by atoms with Gasteiger partial charge in [0.1, 0.15) is 0 Å². The first-order valence-electron chi connectivity index (χ1n) is 4.36. The zero-order valence-electron chi connectivity index (χ0n) is 8.07. The van der Waals surface area contributed by atoms with Crippen molar-refractivity contribution in [3.63, 3.8) is 0 Å². The average molecular weight is 168 g/mol. The molecule has 0 unspecified atom stereocenters. The Kier molecular flexibility index (Phi) is 2.78. The molecule has 1 heterocycles. The Morgan fingerprint density at radius 1 is 1.08 bits per heavy atom. The Balaban J connectivity index is 2.81. The Bertz CT molecular complexity index is 207. The van der Waals surface area contributed by atoms with Gasteiger partial charge in [-0.1, -0.05) is 27.7 Å². The summed E-state index contributed by atoms with van der Waals surface area (Å²) in [7, 11) is 0. The molecule has 1 aromatic rings. The molecular formula is C8H16N4. The molecule has 0 spiro atoms. The van der Waals surface area contributed by atoms with Gasteiger partial charge in [0.15, 0.2) is 5.82 Å². The molecular weight excluding hydrogens is 152 g/mol. The molecule has 68 valence electrons. The lowest BCUT2D eigenvalue weighted by Crippen LogP contribution is -2.15. The molecule has 0 amide bonds. The van der Waals surface area contributed by atoms with Crippen LogP contribution in [0.15, 0.2) is 0 Å². The second-order valence-corrected chi connectivity index (χ2v) is 3.80. The van der Waals surface area contributed by atoms with Gasteiger partial charge in [-0.05, 0) is 22.3 Å². The highest BCUT2D eigenvalue weighted by atomic mass is 15.5. The van der Waals surface area contributed by atoms with Gasteiger partial charge in [0, 0.05) is 5.92 Å². The third-order valence-electron chi connectivity index (χ3n) is 2.11. The van der Waals surface area contributed by atoms with E-state index >= 15 is 0 Å². The molecule has 0 bridgehead atoms. The van der Waals surface area contributed by atoms with Crippen LogP contribution in [0.3, 0.4) is 0 Å². The third-order valence-corrected chi connectivity index (χ3v) is 2.11. The van der Waals surface area contributed by atoms with Gasteiger partial charge in [-0.3, -0.25) is 0 Å². The fourth-order valence-electron chi connectivity index (χ4n) is 1.71. The van der Waals surface area contributed by atoms with Crippen LogP contribution in [0, 0.1) is 11.8 Å². The van der Waals surface area contributed by atoms with Crippen molar-refractivity contribution in [2.24, 2.45) is 11.8 Å². The second kappa shape index (κ2) is 3.65. The van der Waals surface area contributed by atoms with E-state index in [0.717, 1.165) is 5.82 Å². The van der Waals surface area contributed by atoms with Gasteiger partial charge in [0.2, 0.25) is 0 Å². The highest BCUT2D eigenvalue weighted by molar-refractivity contribution is 4.94. The topological polar surface area (TPSA) is 54.5 Å². The van der Waals surface area contributed by atoms with Crippen molar-refractivity contribution in [2.45, 2.75) is 33.6 Å². The van der Waals surface area contributed by atoms with E-state index in [4.69, 9.17) is 0 Å². The predicted molar refractivity (Wildman–Crippen MR) is 46.6 cm³/mol. The van der Waals surface area contributed by atoms with Gasteiger partial charge in [-0.15, -0.1) is 5.10 Å². The summed E-state index contributed by atoms with van der Waals surface area (Å²) in [5, 5.41) is 13.9. The molecule has 4 nitrogen and oxygen atoms in total. The lowest BCUT2D eigenvalue weighted by atomic mass is 9.85. The first kappa shape index (κ1) is 9.16. The first-order chi connectivity index (χ1) is 5.63. The maximum absolute atomic E-state index is 3.94. The average Bonchev–Trinajstić information content (AvgIpc) is 2.37. The maximum Gasteiger partial charge on any atom is 0.152 e. The first-order valence-corrected chi connectivity index (χ1v) is 4.36. The molecule has 4 heteroatoms. The van der Waals surface area contributed by atoms with E-state index in [1.807, 2.05) is 0 Å². The van der Waals surface area contributed by atoms with Crippen molar-refractivity contribution in [2.75, 3.05) is 0 Å². The van der Waals surface area contributed by atoms with E-state index in [2.05, 4.69) is 48.3 Å². The van der Waals surface area contributed by atoms with Gasteiger partial charge in [0.05, 0.1) is 0 Å². The van der Waals surface area contributed by atoms with Crippen LogP contribution in [0.2, 0.25) is 0 Å². The van der Waals surface area contributed by atoms with Crippen LogP contribution < -0.4 is 0 Å². The molecule has 0 atom stereocenters. The number of hydrogen-bond donors (Lipinski definition) is 1. The van der Waals surface area contributed by atoms with Gasteiger partial charge in [-0.2, -0.15) is 0 Å². The van der Waals surface area contributed by atoms with Crippen LogP contribution >= 0.6 is 0 Å². The summed E-state index contributed by atoms with van der Waals surface area (Å²) in [6, 6.07) is 0. The molecule has 1 aromatic heterocycles. The molecule has 0 aliphatic rings. The highest BCUT2D eigenvalue weighted by Gasteiger charge is 2.22. The van der Waals surface area contributed by atoms with Gasteiger partial charge >= 0.3 is 0 Å². The minimum atomic E-state index is 0.431. The van der Waals surface area contributed by atoms with Crippen molar-refractivity contribution in [1.82, 2.24) is 20.6 Å². The van der Waals surface area contributed by atoms with Crippen molar-refractivity contribution < 1.29 is 0 Å². The molecule has 12 heavy (non-hydrogen) atoms. The van der Waals surface area contributed by atoms with Crippen molar-refractivity contribution >= 4 is 0 Å². The van der Waals surface area contributed by atoms with Crippen LogP contribution in [0.5, 0.6) is 0 Å². The Morgan fingerprint density at radius 3 is 2.00 bits per heavy atom. The molecule has 0 saturated heterocycles. The fraction of sp³-hybridized carbons (Fsp3) is 0.875. The Hall–Kier alpha value is -0.930. The van der Waals surface area contributed by atoms with E-state index in [1.54, 1.807) is 0 Å². The molecule has 0 saturated carbocycles. The number of hydrogen-bond acceptors (Lipinski definition) is 3. The molecule has 0 aliphatic carbocycles. The SMILES string of the molecule is CC(C)C(c1nnn[nH]1)C(C)C. The van der Waals surface area contributed by atoms with E-state index in [1.165, 1.54) is 0 Å². The van der Waals surface area contributed by atoms with E-state index in [9.17, 15) is 0 Å². The summed E-state index contributed by atoms with van der Waals surface area (Å²) in [4.78, 5) is 0. The van der Waals surface area contributed by atoms with E-state index < -0.39 is 0 Å². The zero-order valence-corrected chi connectivity index (χ0v) is 8.07. The number of aromatic nitrogens is 4. The zero-order chi connectivity index (χ0) is 9.14. The van der Waals surface area contributed by atoms with E-state index in [0.29, 0.717) is 17.8 Å². The summed E-state index contributed by atoms with van der Waals surface area (Å²) in [5.74, 6) is 2.47. The quantitative estimate of drug-likeness (QED) is 0.745. The van der Waals surface area contributed by atoms with Gasteiger partial charge in [0.25, 0.3) is 0 Å². The normalized spacial score (nSPS) is 11.9. The molecule has 1 N–H and O–H groups in total. The largest absolute Gasteiger partial charge is 0.243 e. The van der Waals surface area contributed by atoms with Crippen LogP contribution in [0.1, 0.15) is 39.4 Å². The monoisotopic (exact) mass is 168 g/mol. The third kappa shape index (κ3) is 1.81. The predicted octanol–water partition coefficient (Wildman–Crippen LogP) is 1.60. The molecule has 0 radical (unpaired) electrons. The number of tetrazole rings is 1. The molecule has 0 aromatic carbocycles. The summed E-state index contributed by atoms with van der Waals surface area (Å²) < 4.78 is 0. The lowest BCUT2D eigenvalue weighted by molar-refractivity contribution is 0.371. The van der Waals surface area contributed by atoms with Crippen LogP contribution in [-0.2, 0) is 0 Å². The van der Waals surface area contributed by atoms with Crippen molar-refractivity contribution in [3.05, 3.63) is 5.82 Å².